The van der Waals surface area contributed by atoms with Crippen molar-refractivity contribution in [3.8, 4) is 5.75 Å². The Morgan fingerprint density at radius 1 is 1.42 bits per heavy atom. The van der Waals surface area contributed by atoms with Crippen molar-refractivity contribution in [1.82, 2.24) is 10.1 Å². The molecule has 2 heterocycles. The van der Waals surface area contributed by atoms with Crippen molar-refractivity contribution in [3.05, 3.63) is 47.6 Å². The first-order valence-corrected chi connectivity index (χ1v) is 8.02. The number of amides is 1. The van der Waals surface area contributed by atoms with E-state index in [4.69, 9.17) is 15.0 Å². The molecule has 1 aliphatic rings. The largest absolute Gasteiger partial charge is 0.491 e. The van der Waals surface area contributed by atoms with Crippen molar-refractivity contribution < 1.29 is 18.4 Å². The van der Waals surface area contributed by atoms with Gasteiger partial charge in [-0.3, -0.25) is 4.79 Å². The summed E-state index contributed by atoms with van der Waals surface area (Å²) in [6, 6.07) is 7.46. The van der Waals surface area contributed by atoms with Gasteiger partial charge in [0.1, 0.15) is 23.9 Å². The summed E-state index contributed by atoms with van der Waals surface area (Å²) in [7, 11) is 0. The van der Waals surface area contributed by atoms with Crippen LogP contribution in [0.15, 0.2) is 34.9 Å². The molecular weight excluding hydrogens is 313 g/mol. The zero-order chi connectivity index (χ0) is 16.9. The minimum Gasteiger partial charge on any atom is -0.491 e. The van der Waals surface area contributed by atoms with Crippen molar-refractivity contribution in [2.75, 3.05) is 19.7 Å². The molecule has 1 amide bonds. The van der Waals surface area contributed by atoms with Crippen molar-refractivity contribution >= 4 is 5.91 Å². The van der Waals surface area contributed by atoms with Crippen molar-refractivity contribution in [2.24, 2.45) is 5.73 Å². The Morgan fingerprint density at radius 2 is 2.21 bits per heavy atom. The van der Waals surface area contributed by atoms with Gasteiger partial charge in [-0.25, -0.2) is 4.39 Å². The third-order valence-electron chi connectivity index (χ3n) is 4.06. The number of hydrogen-bond acceptors (Lipinski definition) is 5. The topological polar surface area (TPSA) is 81.6 Å². The maximum absolute atomic E-state index is 12.9. The van der Waals surface area contributed by atoms with E-state index >= 15 is 0 Å². The van der Waals surface area contributed by atoms with E-state index in [-0.39, 0.29) is 17.8 Å². The first kappa shape index (κ1) is 16.4. The van der Waals surface area contributed by atoms with Crippen LogP contribution in [0, 0.1) is 5.82 Å². The van der Waals surface area contributed by atoms with Gasteiger partial charge in [0, 0.05) is 19.0 Å². The fourth-order valence-corrected chi connectivity index (χ4v) is 2.82. The van der Waals surface area contributed by atoms with Crippen LogP contribution >= 0.6 is 0 Å². The lowest BCUT2D eigenvalue weighted by Crippen LogP contribution is -2.39. The molecule has 3 rings (SSSR count). The van der Waals surface area contributed by atoms with Gasteiger partial charge in [-0.05, 0) is 43.7 Å². The fourth-order valence-electron chi connectivity index (χ4n) is 2.82. The molecule has 1 aromatic carbocycles. The molecule has 24 heavy (non-hydrogen) atoms. The summed E-state index contributed by atoms with van der Waals surface area (Å²) in [5, 5.41) is 3.84. The van der Waals surface area contributed by atoms with Crippen molar-refractivity contribution in [3.63, 3.8) is 0 Å². The lowest BCUT2D eigenvalue weighted by molar-refractivity contribution is 0.0681. The predicted molar refractivity (Wildman–Crippen MR) is 85.2 cm³/mol. The molecule has 1 aromatic heterocycles. The monoisotopic (exact) mass is 333 g/mol. The zero-order valence-corrected chi connectivity index (χ0v) is 13.3. The van der Waals surface area contributed by atoms with Gasteiger partial charge in [-0.2, -0.15) is 0 Å². The van der Waals surface area contributed by atoms with Crippen LogP contribution < -0.4 is 10.5 Å². The number of benzene rings is 1. The number of halogens is 1. The number of nitrogens with zero attached hydrogens (tertiary/aromatic N) is 2. The molecule has 1 aliphatic heterocycles. The maximum atomic E-state index is 12.9. The highest BCUT2D eigenvalue weighted by Gasteiger charge is 2.31. The van der Waals surface area contributed by atoms with Gasteiger partial charge in [-0.15, -0.1) is 0 Å². The number of carbonyl (C=O) groups is 1. The first-order chi connectivity index (χ1) is 11.7. The molecule has 128 valence electrons. The number of aromatic nitrogens is 1. The van der Waals surface area contributed by atoms with Crippen LogP contribution in [0.5, 0.6) is 5.75 Å². The number of nitrogens with two attached hydrogens (primary N) is 1. The van der Waals surface area contributed by atoms with Gasteiger partial charge in [-0.1, -0.05) is 5.16 Å². The van der Waals surface area contributed by atoms with E-state index in [0.717, 1.165) is 12.8 Å². The van der Waals surface area contributed by atoms with Crippen molar-refractivity contribution in [2.45, 2.75) is 25.3 Å². The second-order valence-corrected chi connectivity index (χ2v) is 5.78. The van der Waals surface area contributed by atoms with Crippen LogP contribution in [0.2, 0.25) is 0 Å². The SMILES string of the molecule is NCCc1cc(C(=O)N2CCC[C@H]2COc2ccc(F)cc2)no1. The average Bonchev–Trinajstić information content (AvgIpc) is 3.23. The van der Waals surface area contributed by atoms with E-state index in [2.05, 4.69) is 5.16 Å². The second kappa shape index (κ2) is 7.44. The summed E-state index contributed by atoms with van der Waals surface area (Å²) in [4.78, 5) is 14.4. The predicted octanol–water partition coefficient (Wildman–Crippen LogP) is 2.00. The highest BCUT2D eigenvalue weighted by Crippen LogP contribution is 2.22. The fraction of sp³-hybridized carbons (Fsp3) is 0.412. The Kier molecular flexibility index (Phi) is 5.10. The highest BCUT2D eigenvalue weighted by molar-refractivity contribution is 5.92. The van der Waals surface area contributed by atoms with Gasteiger partial charge in [0.15, 0.2) is 5.69 Å². The smallest absolute Gasteiger partial charge is 0.276 e. The number of carbonyl (C=O) groups excluding carboxylic acids is 1. The van der Waals surface area contributed by atoms with Gasteiger partial charge in [0.25, 0.3) is 5.91 Å². The molecule has 0 radical (unpaired) electrons. The van der Waals surface area contributed by atoms with E-state index in [9.17, 15) is 9.18 Å². The highest BCUT2D eigenvalue weighted by atomic mass is 19.1. The van der Waals surface area contributed by atoms with Crippen molar-refractivity contribution in [1.29, 1.82) is 0 Å². The molecular formula is C17H20FN3O3. The minimum absolute atomic E-state index is 0.0304. The molecule has 2 aromatic rings. The van der Waals surface area contributed by atoms with Gasteiger partial charge < -0.3 is 19.9 Å². The van der Waals surface area contributed by atoms with E-state index in [1.165, 1.54) is 12.1 Å². The van der Waals surface area contributed by atoms with Gasteiger partial charge in [0.2, 0.25) is 0 Å². The molecule has 2 N–H and O–H groups in total. The number of likely N-dealkylation sites (tertiary alicyclic amines) is 1. The molecule has 1 atom stereocenters. The van der Waals surface area contributed by atoms with Crippen LogP contribution in [0.25, 0.3) is 0 Å². The Hall–Kier alpha value is -2.41. The van der Waals surface area contributed by atoms with Crippen LogP contribution in [-0.2, 0) is 6.42 Å². The van der Waals surface area contributed by atoms with Gasteiger partial charge >= 0.3 is 0 Å². The Morgan fingerprint density at radius 3 is 2.96 bits per heavy atom. The lowest BCUT2D eigenvalue weighted by atomic mass is 10.2. The molecule has 7 heteroatoms. The number of ether oxygens (including phenoxy) is 1. The Balaban J connectivity index is 1.61. The normalized spacial score (nSPS) is 17.2. The van der Waals surface area contributed by atoms with Crippen LogP contribution in [0.4, 0.5) is 4.39 Å². The molecule has 0 bridgehead atoms. The molecule has 0 saturated carbocycles. The molecule has 0 spiro atoms. The van der Waals surface area contributed by atoms with E-state index in [0.29, 0.717) is 43.3 Å². The van der Waals surface area contributed by atoms with Crippen LogP contribution in [0.3, 0.4) is 0 Å². The molecule has 0 unspecified atom stereocenters. The molecule has 0 aliphatic carbocycles. The van der Waals surface area contributed by atoms with E-state index in [1.807, 2.05) is 0 Å². The average molecular weight is 333 g/mol. The quantitative estimate of drug-likeness (QED) is 0.874. The third kappa shape index (κ3) is 3.73. The van der Waals surface area contributed by atoms with Crippen LogP contribution in [0.1, 0.15) is 29.1 Å². The van der Waals surface area contributed by atoms with E-state index in [1.54, 1.807) is 23.1 Å². The molecule has 1 fully saturated rings. The third-order valence-corrected chi connectivity index (χ3v) is 4.06. The summed E-state index contributed by atoms with van der Waals surface area (Å²) >= 11 is 0. The van der Waals surface area contributed by atoms with Gasteiger partial charge in [0.05, 0.1) is 6.04 Å². The Bertz CT molecular complexity index is 687. The molecule has 1 saturated heterocycles. The lowest BCUT2D eigenvalue weighted by Gasteiger charge is -2.23. The summed E-state index contributed by atoms with van der Waals surface area (Å²) in [5.41, 5.74) is 5.77. The summed E-state index contributed by atoms with van der Waals surface area (Å²) < 4.78 is 23.7. The number of hydrogen-bond donors (Lipinski definition) is 1. The standard InChI is InChI=1S/C17H20FN3O3/c18-12-3-5-14(6-4-12)23-11-13-2-1-9-21(13)17(22)16-10-15(7-8-19)24-20-16/h3-6,10,13H,1-2,7-9,11,19H2/t13-/m0/s1. The molecule has 6 nitrogen and oxygen atoms in total. The summed E-state index contributed by atoms with van der Waals surface area (Å²) in [6.07, 6.45) is 2.33. The number of rotatable bonds is 6. The summed E-state index contributed by atoms with van der Waals surface area (Å²) in [6.45, 7) is 1.47. The van der Waals surface area contributed by atoms with E-state index < -0.39 is 0 Å². The first-order valence-electron chi connectivity index (χ1n) is 8.02. The second-order valence-electron chi connectivity index (χ2n) is 5.78. The zero-order valence-electron chi connectivity index (χ0n) is 13.3. The Labute approximate surface area is 139 Å². The van der Waals surface area contributed by atoms with Crippen LogP contribution in [-0.4, -0.2) is 41.7 Å². The minimum atomic E-state index is -0.306. The maximum Gasteiger partial charge on any atom is 0.276 e. The summed E-state index contributed by atoms with van der Waals surface area (Å²) in [5.74, 6) is 0.730.